The van der Waals surface area contributed by atoms with E-state index in [1.807, 2.05) is 41.1 Å². The van der Waals surface area contributed by atoms with Crippen molar-refractivity contribution >= 4 is 18.1 Å². The molecule has 2 aromatic carbocycles. The Morgan fingerprint density at radius 2 is 1.63 bits per heavy atom. The zero-order valence-electron chi connectivity index (χ0n) is 17.5. The van der Waals surface area contributed by atoms with Crippen molar-refractivity contribution < 1.29 is 9.90 Å². The third-order valence-corrected chi connectivity index (χ3v) is 4.72. The minimum Gasteiger partial charge on any atom is -0.478 e. The first-order valence-corrected chi connectivity index (χ1v) is 10.3. The van der Waals surface area contributed by atoms with Gasteiger partial charge in [0.05, 0.1) is 12.1 Å². The lowest BCUT2D eigenvalue weighted by atomic mass is 9.99. The highest BCUT2D eigenvalue weighted by atomic mass is 16.4. The fraction of sp³-hybridized carbons (Fsp3) is 0.240. The third-order valence-electron chi connectivity index (χ3n) is 4.72. The van der Waals surface area contributed by atoms with E-state index in [1.54, 1.807) is 12.1 Å². The maximum atomic E-state index is 11.4. The molecule has 0 bridgehead atoms. The summed E-state index contributed by atoms with van der Waals surface area (Å²) in [7, 11) is 0. The molecular weight excluding hydrogens is 374 g/mol. The van der Waals surface area contributed by atoms with Crippen LogP contribution in [0.3, 0.4) is 0 Å². The fourth-order valence-corrected chi connectivity index (χ4v) is 3.17. The summed E-state index contributed by atoms with van der Waals surface area (Å²) >= 11 is 0. The molecule has 0 aliphatic carbocycles. The zero-order valence-corrected chi connectivity index (χ0v) is 17.5. The Kier molecular flexibility index (Phi) is 7.33. The van der Waals surface area contributed by atoms with Crippen LogP contribution in [-0.4, -0.2) is 25.8 Å². The van der Waals surface area contributed by atoms with Crippen LogP contribution in [0, 0.1) is 0 Å². The van der Waals surface area contributed by atoms with Crippen LogP contribution in [-0.2, 0) is 13.0 Å². The summed E-state index contributed by atoms with van der Waals surface area (Å²) < 4.78 is 1.91. The molecule has 30 heavy (non-hydrogen) atoms. The average molecular weight is 402 g/mol. The van der Waals surface area contributed by atoms with E-state index in [0.29, 0.717) is 18.5 Å². The molecule has 0 atom stereocenters. The quantitative estimate of drug-likeness (QED) is 0.517. The van der Waals surface area contributed by atoms with E-state index in [9.17, 15) is 9.90 Å². The van der Waals surface area contributed by atoms with Crippen LogP contribution in [0.2, 0.25) is 0 Å². The summed E-state index contributed by atoms with van der Waals surface area (Å²) in [4.78, 5) is 16.0. The summed E-state index contributed by atoms with van der Waals surface area (Å²) in [6.45, 7) is 4.81. The molecule has 1 N–H and O–H groups in total. The SMILES string of the molecule is CCC=Cc1nc(C=CCC)n(Cc2ccc(Cc3ccccc3C(=O)O)cc2)n1. The molecule has 0 spiro atoms. The Balaban J connectivity index is 1.77. The third kappa shape index (κ3) is 5.54. The van der Waals surface area contributed by atoms with Crippen molar-refractivity contribution in [2.24, 2.45) is 0 Å². The molecule has 0 saturated heterocycles. The number of aromatic nitrogens is 3. The standard InChI is InChI=1S/C25H27N3O2/c1-3-5-11-23-26-24(12-6-4-2)28(27-23)18-20-15-13-19(14-16-20)17-21-9-7-8-10-22(21)25(29)30/h5-16H,3-4,17-18H2,1-2H3,(H,29,30). The van der Waals surface area contributed by atoms with Gasteiger partial charge in [-0.2, -0.15) is 5.10 Å². The molecule has 154 valence electrons. The molecule has 3 aromatic rings. The summed E-state index contributed by atoms with van der Waals surface area (Å²) in [5, 5.41) is 14.0. The maximum Gasteiger partial charge on any atom is 0.335 e. The summed E-state index contributed by atoms with van der Waals surface area (Å²) in [5.41, 5.74) is 3.36. The molecule has 3 rings (SSSR count). The zero-order chi connectivity index (χ0) is 21.3. The molecule has 0 aliphatic heterocycles. The minimum atomic E-state index is -0.894. The Labute approximate surface area is 177 Å². The van der Waals surface area contributed by atoms with Crippen LogP contribution < -0.4 is 0 Å². The van der Waals surface area contributed by atoms with Crippen molar-refractivity contribution in [2.45, 2.75) is 39.7 Å². The van der Waals surface area contributed by atoms with E-state index in [1.165, 1.54) is 0 Å². The van der Waals surface area contributed by atoms with Gasteiger partial charge in [-0.1, -0.05) is 68.5 Å². The van der Waals surface area contributed by atoms with Gasteiger partial charge >= 0.3 is 5.97 Å². The lowest BCUT2D eigenvalue weighted by Gasteiger charge is -2.08. The van der Waals surface area contributed by atoms with Crippen molar-refractivity contribution in [3.8, 4) is 0 Å². The van der Waals surface area contributed by atoms with Gasteiger partial charge in [0.25, 0.3) is 0 Å². The lowest BCUT2D eigenvalue weighted by molar-refractivity contribution is 0.0696. The second-order valence-corrected chi connectivity index (χ2v) is 7.06. The molecule has 0 unspecified atom stereocenters. The van der Waals surface area contributed by atoms with Gasteiger partial charge < -0.3 is 5.11 Å². The van der Waals surface area contributed by atoms with Crippen molar-refractivity contribution in [3.63, 3.8) is 0 Å². The van der Waals surface area contributed by atoms with Gasteiger partial charge in [0.2, 0.25) is 0 Å². The summed E-state index contributed by atoms with van der Waals surface area (Å²) in [5.74, 6) is 0.663. The molecule has 0 amide bonds. The highest BCUT2D eigenvalue weighted by Gasteiger charge is 2.10. The smallest absolute Gasteiger partial charge is 0.335 e. The summed E-state index contributed by atoms with van der Waals surface area (Å²) in [6.07, 6.45) is 10.6. The van der Waals surface area contributed by atoms with Crippen molar-refractivity contribution in [1.82, 2.24) is 14.8 Å². The van der Waals surface area contributed by atoms with Gasteiger partial charge in [0.15, 0.2) is 11.6 Å². The van der Waals surface area contributed by atoms with E-state index in [-0.39, 0.29) is 0 Å². The van der Waals surface area contributed by atoms with Gasteiger partial charge in [0, 0.05) is 0 Å². The topological polar surface area (TPSA) is 68.0 Å². The average Bonchev–Trinajstić information content (AvgIpc) is 3.13. The number of aromatic carboxylic acids is 1. The number of hydrogen-bond donors (Lipinski definition) is 1. The molecule has 0 saturated carbocycles. The number of carbonyl (C=O) groups is 1. The normalized spacial score (nSPS) is 11.5. The van der Waals surface area contributed by atoms with Gasteiger partial charge in [-0.05, 0) is 54.2 Å². The lowest BCUT2D eigenvalue weighted by Crippen LogP contribution is -2.05. The largest absolute Gasteiger partial charge is 0.478 e. The number of nitrogens with zero attached hydrogens (tertiary/aromatic N) is 3. The van der Waals surface area contributed by atoms with E-state index >= 15 is 0 Å². The first kappa shape index (κ1) is 21.2. The Morgan fingerprint density at radius 3 is 2.33 bits per heavy atom. The number of allylic oxidation sites excluding steroid dienone is 2. The van der Waals surface area contributed by atoms with Crippen LogP contribution in [0.4, 0.5) is 0 Å². The number of carboxylic acid groups (broad SMARTS) is 1. The maximum absolute atomic E-state index is 11.4. The van der Waals surface area contributed by atoms with Gasteiger partial charge in [0.1, 0.15) is 0 Å². The molecule has 0 aliphatic rings. The molecular formula is C25H27N3O2. The van der Waals surface area contributed by atoms with Crippen LogP contribution in [0.5, 0.6) is 0 Å². The molecule has 1 heterocycles. The Hall–Kier alpha value is -3.47. The van der Waals surface area contributed by atoms with E-state index < -0.39 is 5.97 Å². The molecule has 0 fully saturated rings. The number of benzene rings is 2. The van der Waals surface area contributed by atoms with Crippen molar-refractivity contribution in [3.05, 3.63) is 94.6 Å². The number of carboxylic acids is 1. The van der Waals surface area contributed by atoms with Crippen LogP contribution in [0.1, 0.15) is 65.4 Å². The Bertz CT molecular complexity index is 1050. The predicted molar refractivity (Wildman–Crippen MR) is 120 cm³/mol. The fourth-order valence-electron chi connectivity index (χ4n) is 3.17. The first-order chi connectivity index (χ1) is 14.6. The molecule has 5 heteroatoms. The van der Waals surface area contributed by atoms with Gasteiger partial charge in [-0.25, -0.2) is 14.5 Å². The molecule has 5 nitrogen and oxygen atoms in total. The molecule has 0 radical (unpaired) electrons. The highest BCUT2D eigenvalue weighted by Crippen LogP contribution is 2.16. The molecule has 1 aromatic heterocycles. The van der Waals surface area contributed by atoms with Crippen LogP contribution >= 0.6 is 0 Å². The highest BCUT2D eigenvalue weighted by molar-refractivity contribution is 5.89. The summed E-state index contributed by atoms with van der Waals surface area (Å²) in [6, 6.07) is 15.4. The Morgan fingerprint density at radius 1 is 0.967 bits per heavy atom. The van der Waals surface area contributed by atoms with Crippen molar-refractivity contribution in [1.29, 1.82) is 0 Å². The minimum absolute atomic E-state index is 0.351. The predicted octanol–water partition coefficient (Wildman–Crippen LogP) is 5.46. The van der Waals surface area contributed by atoms with Gasteiger partial charge in [-0.15, -0.1) is 0 Å². The van der Waals surface area contributed by atoms with Crippen molar-refractivity contribution in [2.75, 3.05) is 0 Å². The monoisotopic (exact) mass is 401 g/mol. The van der Waals surface area contributed by atoms with Crippen LogP contribution in [0.25, 0.3) is 12.2 Å². The van der Waals surface area contributed by atoms with E-state index in [4.69, 9.17) is 0 Å². The van der Waals surface area contributed by atoms with E-state index in [0.717, 1.165) is 41.2 Å². The first-order valence-electron chi connectivity index (χ1n) is 10.3. The van der Waals surface area contributed by atoms with Crippen LogP contribution in [0.15, 0.2) is 60.7 Å². The number of rotatable bonds is 9. The van der Waals surface area contributed by atoms with E-state index in [2.05, 4.69) is 48.2 Å². The second-order valence-electron chi connectivity index (χ2n) is 7.06. The van der Waals surface area contributed by atoms with Gasteiger partial charge in [-0.3, -0.25) is 0 Å². The second kappa shape index (κ2) is 10.3. The number of hydrogen-bond acceptors (Lipinski definition) is 3.